The molecule has 25 heavy (non-hydrogen) atoms. The van der Waals surface area contributed by atoms with Gasteiger partial charge >= 0.3 is 0 Å². The molecular formula is C21H29N2O2+. The van der Waals surface area contributed by atoms with Crippen LogP contribution in [0.4, 0.5) is 0 Å². The number of ether oxygens (including phenoxy) is 1. The molecule has 0 radical (unpaired) electrons. The summed E-state index contributed by atoms with van der Waals surface area (Å²) in [6.07, 6.45) is 5.12. The maximum atomic E-state index is 11.3. The number of aromatic nitrogens is 1. The quantitative estimate of drug-likeness (QED) is 0.878. The van der Waals surface area contributed by atoms with E-state index in [0.29, 0.717) is 12.6 Å². The van der Waals surface area contributed by atoms with Gasteiger partial charge in [-0.2, -0.15) is 0 Å². The highest BCUT2D eigenvalue weighted by Crippen LogP contribution is 2.35. The second kappa shape index (κ2) is 6.93. The Kier molecular flexibility index (Phi) is 4.65. The second-order valence-electron chi connectivity index (χ2n) is 7.63. The Bertz CT molecular complexity index is 748. The van der Waals surface area contributed by atoms with Crippen LogP contribution in [0.5, 0.6) is 5.75 Å². The van der Waals surface area contributed by atoms with E-state index in [1.165, 1.54) is 25.9 Å². The van der Waals surface area contributed by atoms with Crippen LogP contribution in [0, 0.1) is 11.8 Å². The number of piperidine rings is 3. The number of hydrogen-bond acceptors (Lipinski definition) is 3. The van der Waals surface area contributed by atoms with Crippen LogP contribution in [0.3, 0.4) is 0 Å². The lowest BCUT2D eigenvalue weighted by Gasteiger charge is -2.48. The zero-order chi connectivity index (χ0) is 17.4. The number of benzene rings is 1. The molecule has 2 N–H and O–H groups in total. The molecule has 5 atom stereocenters. The van der Waals surface area contributed by atoms with Gasteiger partial charge in [0.2, 0.25) is 0 Å². The Morgan fingerprint density at radius 2 is 2.20 bits per heavy atom. The van der Waals surface area contributed by atoms with E-state index < -0.39 is 6.10 Å². The Morgan fingerprint density at radius 1 is 1.32 bits per heavy atom. The van der Waals surface area contributed by atoms with Gasteiger partial charge in [0.1, 0.15) is 17.9 Å². The van der Waals surface area contributed by atoms with Gasteiger partial charge in [-0.15, -0.1) is 0 Å². The number of aliphatic hydroxyl groups is 1. The molecule has 5 rings (SSSR count). The van der Waals surface area contributed by atoms with E-state index >= 15 is 0 Å². The molecule has 2 bridgehead atoms. The summed E-state index contributed by atoms with van der Waals surface area (Å²) in [7, 11) is 0. The highest BCUT2D eigenvalue weighted by molar-refractivity contribution is 5.83. The Balaban J connectivity index is 1.66. The number of fused-ring (bicyclic) bond motifs is 4. The molecule has 3 fully saturated rings. The van der Waals surface area contributed by atoms with Gasteiger partial charge in [-0.25, -0.2) is 0 Å². The summed E-state index contributed by atoms with van der Waals surface area (Å²) in [6, 6.07) is 8.28. The average Bonchev–Trinajstić information content (AvgIpc) is 2.67. The molecule has 4 heteroatoms. The topological polar surface area (TPSA) is 46.8 Å². The maximum absolute atomic E-state index is 11.3. The number of quaternary nitrogens is 1. The van der Waals surface area contributed by atoms with Crippen molar-refractivity contribution in [1.29, 1.82) is 0 Å². The molecule has 1 unspecified atom stereocenters. The van der Waals surface area contributed by atoms with Crippen LogP contribution in [0.15, 0.2) is 30.5 Å². The lowest BCUT2D eigenvalue weighted by molar-refractivity contribution is -0.950. The second-order valence-corrected chi connectivity index (χ2v) is 7.63. The maximum Gasteiger partial charge on any atom is 0.131 e. The van der Waals surface area contributed by atoms with Gasteiger partial charge in [0.05, 0.1) is 25.2 Å². The Hall–Kier alpha value is -1.65. The van der Waals surface area contributed by atoms with Crippen LogP contribution >= 0.6 is 0 Å². The fourth-order valence-corrected chi connectivity index (χ4v) is 5.06. The summed E-state index contributed by atoms with van der Waals surface area (Å²) in [5, 5.41) is 12.3. The number of aliphatic hydroxyl groups excluding tert-OH is 1. The number of rotatable bonds is 5. The normalized spacial score (nSPS) is 29.7. The Labute approximate surface area is 149 Å². The lowest BCUT2D eigenvalue weighted by Crippen LogP contribution is -3.20. The number of nitrogens with zero attached hydrogens (tertiary/aromatic N) is 1. The first-order valence-corrected chi connectivity index (χ1v) is 9.75. The van der Waals surface area contributed by atoms with Gasteiger partial charge in [0, 0.05) is 30.3 Å². The first-order valence-electron chi connectivity index (χ1n) is 9.75. The smallest absolute Gasteiger partial charge is 0.131 e. The van der Waals surface area contributed by atoms with Gasteiger partial charge < -0.3 is 14.7 Å². The molecule has 1 aromatic heterocycles. The minimum absolute atomic E-state index is 0.308. The summed E-state index contributed by atoms with van der Waals surface area (Å²) in [5.74, 6) is 2.47. The standard InChI is InChI=1S/C21H28N2O2/c1-3-14-13-23-10-8-15(14)11-20(23)21(24)17-7-9-22-19-6-5-16(25-4-2)12-18(17)19/h5-7,9,12,14-15,20-21,24H,3-4,8,10-11,13H2,1-2H3/p+1/t14-,15-,20+,21+/m0/s1. The molecular weight excluding hydrogens is 312 g/mol. The predicted molar refractivity (Wildman–Crippen MR) is 98.9 cm³/mol. The minimum Gasteiger partial charge on any atom is -0.494 e. The Morgan fingerprint density at radius 3 is 2.92 bits per heavy atom. The molecule has 3 saturated heterocycles. The van der Waals surface area contributed by atoms with E-state index in [9.17, 15) is 5.11 Å². The van der Waals surface area contributed by atoms with Gasteiger partial charge in [0.15, 0.2) is 0 Å². The van der Waals surface area contributed by atoms with Crippen LogP contribution < -0.4 is 9.64 Å². The number of nitrogens with one attached hydrogen (secondary N) is 1. The van der Waals surface area contributed by atoms with E-state index in [1.54, 1.807) is 4.90 Å². The van der Waals surface area contributed by atoms with Crippen LogP contribution in [0.2, 0.25) is 0 Å². The van der Waals surface area contributed by atoms with Crippen molar-refractivity contribution in [3.8, 4) is 5.75 Å². The third-order valence-corrected chi connectivity index (χ3v) is 6.39. The molecule has 3 aliphatic heterocycles. The molecule has 4 heterocycles. The van der Waals surface area contributed by atoms with Crippen molar-refractivity contribution in [1.82, 2.24) is 4.98 Å². The third-order valence-electron chi connectivity index (χ3n) is 6.39. The van der Waals surface area contributed by atoms with Gasteiger partial charge in [-0.3, -0.25) is 4.98 Å². The molecule has 0 amide bonds. The van der Waals surface area contributed by atoms with Crippen LogP contribution in [0.25, 0.3) is 10.9 Å². The lowest BCUT2D eigenvalue weighted by atomic mass is 9.72. The third kappa shape index (κ3) is 3.02. The van der Waals surface area contributed by atoms with Crippen molar-refractivity contribution in [2.24, 2.45) is 11.8 Å². The van der Waals surface area contributed by atoms with Gasteiger partial charge in [-0.05, 0) is 49.1 Å². The SMILES string of the molecule is CCOc1ccc2nccc([C@@H](O)[C@H]3C[C@@H]4CC[NH+]3C[C@@H]4CC)c2c1. The summed E-state index contributed by atoms with van der Waals surface area (Å²) in [6.45, 7) is 7.36. The molecule has 0 spiro atoms. The molecule has 2 aromatic rings. The fraction of sp³-hybridized carbons (Fsp3) is 0.571. The molecule has 3 aliphatic rings. The molecule has 0 aliphatic carbocycles. The minimum atomic E-state index is -0.432. The molecule has 134 valence electrons. The van der Waals surface area contributed by atoms with Gasteiger partial charge in [0.25, 0.3) is 0 Å². The molecule has 0 saturated carbocycles. The zero-order valence-electron chi connectivity index (χ0n) is 15.2. The number of pyridine rings is 1. The van der Waals surface area contributed by atoms with Gasteiger partial charge in [-0.1, -0.05) is 6.92 Å². The summed E-state index contributed by atoms with van der Waals surface area (Å²) < 4.78 is 5.66. The first-order chi connectivity index (χ1) is 12.2. The number of hydrogen-bond donors (Lipinski definition) is 2. The fourth-order valence-electron chi connectivity index (χ4n) is 5.06. The highest BCUT2D eigenvalue weighted by Gasteiger charge is 2.46. The average molecular weight is 341 g/mol. The van der Waals surface area contributed by atoms with E-state index in [2.05, 4.69) is 11.9 Å². The van der Waals surface area contributed by atoms with E-state index in [1.807, 2.05) is 37.4 Å². The summed E-state index contributed by atoms with van der Waals surface area (Å²) in [5.41, 5.74) is 1.93. The molecule has 4 nitrogen and oxygen atoms in total. The largest absolute Gasteiger partial charge is 0.494 e. The van der Waals surface area contributed by atoms with Crippen molar-refractivity contribution < 1.29 is 14.7 Å². The monoisotopic (exact) mass is 341 g/mol. The predicted octanol–water partition coefficient (Wildman–Crippen LogP) is 2.37. The van der Waals surface area contributed by atoms with Crippen molar-refractivity contribution >= 4 is 10.9 Å². The van der Waals surface area contributed by atoms with Crippen molar-refractivity contribution in [2.45, 2.75) is 45.3 Å². The summed E-state index contributed by atoms with van der Waals surface area (Å²) >= 11 is 0. The zero-order valence-corrected chi connectivity index (χ0v) is 15.2. The van der Waals surface area contributed by atoms with E-state index in [-0.39, 0.29) is 0 Å². The van der Waals surface area contributed by atoms with Crippen molar-refractivity contribution in [3.63, 3.8) is 0 Å². The van der Waals surface area contributed by atoms with E-state index in [4.69, 9.17) is 4.74 Å². The first kappa shape index (κ1) is 16.8. The molecule has 1 aromatic carbocycles. The van der Waals surface area contributed by atoms with Crippen molar-refractivity contribution in [2.75, 3.05) is 19.7 Å². The summed E-state index contributed by atoms with van der Waals surface area (Å²) in [4.78, 5) is 6.06. The highest BCUT2D eigenvalue weighted by atomic mass is 16.5. The van der Waals surface area contributed by atoms with E-state index in [0.717, 1.165) is 40.5 Å². The van der Waals surface area contributed by atoms with Crippen LogP contribution in [-0.2, 0) is 0 Å². The van der Waals surface area contributed by atoms with Crippen molar-refractivity contribution in [3.05, 3.63) is 36.0 Å². The van der Waals surface area contributed by atoms with Crippen LogP contribution in [-0.4, -0.2) is 35.8 Å². The van der Waals surface area contributed by atoms with Crippen LogP contribution in [0.1, 0.15) is 44.8 Å².